The number of anilines is 1. The molecule has 2 N–H and O–H groups in total. The van der Waals surface area contributed by atoms with Gasteiger partial charge in [-0.15, -0.1) is 0 Å². The summed E-state index contributed by atoms with van der Waals surface area (Å²) in [7, 11) is 1.61. The fourth-order valence-corrected chi connectivity index (χ4v) is 2.11. The van der Waals surface area contributed by atoms with Gasteiger partial charge in [-0.1, -0.05) is 24.3 Å². The van der Waals surface area contributed by atoms with Crippen LogP contribution in [0, 0.1) is 18.3 Å². The lowest BCUT2D eigenvalue weighted by Gasteiger charge is -2.15. The number of hydrogen-bond acceptors (Lipinski definition) is 4. The summed E-state index contributed by atoms with van der Waals surface area (Å²) in [4.78, 5) is 0. The summed E-state index contributed by atoms with van der Waals surface area (Å²) in [6, 6.07) is 15.1. The summed E-state index contributed by atoms with van der Waals surface area (Å²) in [5.74, 6) is 0.754. The van der Waals surface area contributed by atoms with Crippen molar-refractivity contribution in [2.24, 2.45) is 0 Å². The second-order valence-electron chi connectivity index (χ2n) is 4.78. The quantitative estimate of drug-likeness (QED) is 0.884. The zero-order valence-corrected chi connectivity index (χ0v) is 12.1. The predicted octanol–water partition coefficient (Wildman–Crippen LogP) is 3.02. The Morgan fingerprint density at radius 1 is 1.24 bits per heavy atom. The molecule has 0 aromatic heterocycles. The number of benzene rings is 2. The molecule has 0 radical (unpaired) electrons. The molecule has 0 saturated heterocycles. The normalized spacial score (nSPS) is 11.5. The van der Waals surface area contributed by atoms with Gasteiger partial charge >= 0.3 is 0 Å². The van der Waals surface area contributed by atoms with Gasteiger partial charge in [0.1, 0.15) is 11.8 Å². The van der Waals surface area contributed by atoms with Crippen molar-refractivity contribution < 1.29 is 9.84 Å². The first-order valence-electron chi connectivity index (χ1n) is 6.71. The topological polar surface area (TPSA) is 65.3 Å². The lowest BCUT2D eigenvalue weighted by Crippen LogP contribution is -2.13. The summed E-state index contributed by atoms with van der Waals surface area (Å²) >= 11 is 0. The highest BCUT2D eigenvalue weighted by Crippen LogP contribution is 2.21. The third kappa shape index (κ3) is 3.53. The number of aryl methyl sites for hydroxylation is 1. The van der Waals surface area contributed by atoms with E-state index in [1.54, 1.807) is 7.11 Å². The molecule has 2 rings (SSSR count). The number of methoxy groups -OCH3 is 1. The van der Waals surface area contributed by atoms with Crippen LogP contribution in [0.25, 0.3) is 0 Å². The van der Waals surface area contributed by atoms with E-state index in [9.17, 15) is 10.4 Å². The molecule has 21 heavy (non-hydrogen) atoms. The highest BCUT2D eigenvalue weighted by molar-refractivity contribution is 5.60. The molecule has 108 valence electrons. The molecule has 0 amide bonds. The molecule has 4 heteroatoms. The molecular weight excluding hydrogens is 264 g/mol. The number of rotatable bonds is 5. The van der Waals surface area contributed by atoms with Crippen molar-refractivity contribution in [2.75, 3.05) is 19.0 Å². The van der Waals surface area contributed by atoms with E-state index in [4.69, 9.17) is 4.74 Å². The first-order chi connectivity index (χ1) is 10.2. The largest absolute Gasteiger partial charge is 0.497 e. The van der Waals surface area contributed by atoms with Crippen LogP contribution in [0.2, 0.25) is 0 Å². The van der Waals surface area contributed by atoms with Crippen molar-refractivity contribution in [1.82, 2.24) is 0 Å². The van der Waals surface area contributed by atoms with Gasteiger partial charge in [-0.2, -0.15) is 5.26 Å². The Morgan fingerprint density at radius 3 is 2.57 bits per heavy atom. The van der Waals surface area contributed by atoms with E-state index in [0.717, 1.165) is 22.6 Å². The van der Waals surface area contributed by atoms with Crippen molar-refractivity contribution >= 4 is 5.69 Å². The molecule has 2 aromatic rings. The minimum atomic E-state index is -0.650. The Balaban J connectivity index is 2.05. The summed E-state index contributed by atoms with van der Waals surface area (Å²) in [6.45, 7) is 2.23. The van der Waals surface area contributed by atoms with Crippen LogP contribution in [0.15, 0.2) is 42.5 Å². The van der Waals surface area contributed by atoms with Crippen LogP contribution < -0.4 is 10.1 Å². The van der Waals surface area contributed by atoms with Crippen LogP contribution in [-0.4, -0.2) is 18.8 Å². The van der Waals surface area contributed by atoms with Crippen LogP contribution in [0.1, 0.15) is 22.8 Å². The zero-order valence-electron chi connectivity index (χ0n) is 12.1. The third-order valence-electron chi connectivity index (χ3n) is 3.37. The van der Waals surface area contributed by atoms with E-state index < -0.39 is 6.10 Å². The van der Waals surface area contributed by atoms with E-state index in [1.807, 2.05) is 49.4 Å². The average molecular weight is 282 g/mol. The van der Waals surface area contributed by atoms with Gasteiger partial charge < -0.3 is 15.2 Å². The van der Waals surface area contributed by atoms with Gasteiger partial charge in [0.25, 0.3) is 0 Å². The second-order valence-corrected chi connectivity index (χ2v) is 4.78. The summed E-state index contributed by atoms with van der Waals surface area (Å²) in [5.41, 5.74) is 3.07. The van der Waals surface area contributed by atoms with Gasteiger partial charge in [0, 0.05) is 6.54 Å². The molecule has 2 aromatic carbocycles. The third-order valence-corrected chi connectivity index (χ3v) is 3.37. The summed E-state index contributed by atoms with van der Waals surface area (Å²) in [5, 5.41) is 22.5. The molecule has 4 nitrogen and oxygen atoms in total. The molecule has 0 saturated carbocycles. The molecule has 0 bridgehead atoms. The van der Waals surface area contributed by atoms with Crippen molar-refractivity contribution in [1.29, 1.82) is 5.26 Å². The maximum Gasteiger partial charge on any atom is 0.118 e. The Morgan fingerprint density at radius 2 is 1.95 bits per heavy atom. The highest BCUT2D eigenvalue weighted by atomic mass is 16.5. The first-order valence-corrected chi connectivity index (χ1v) is 6.71. The van der Waals surface area contributed by atoms with Crippen molar-refractivity contribution in [3.05, 3.63) is 59.2 Å². The monoisotopic (exact) mass is 282 g/mol. The van der Waals surface area contributed by atoms with Gasteiger partial charge in [0.2, 0.25) is 0 Å². The van der Waals surface area contributed by atoms with Gasteiger partial charge in [-0.05, 0) is 36.2 Å². The van der Waals surface area contributed by atoms with Crippen LogP contribution in [0.5, 0.6) is 5.75 Å². The maximum atomic E-state index is 10.2. The molecule has 0 spiro atoms. The summed E-state index contributed by atoms with van der Waals surface area (Å²) < 4.78 is 5.09. The Kier molecular flexibility index (Phi) is 4.81. The standard InChI is InChI=1S/C17H18N2O2/c1-12-4-3-5-16(15(12)10-18)19-11-17(20)13-6-8-14(21-2)9-7-13/h3-9,17,19-20H,11H2,1-2H3. The Labute approximate surface area is 124 Å². The van der Waals surface area contributed by atoms with Gasteiger partial charge in [-0.3, -0.25) is 0 Å². The maximum absolute atomic E-state index is 10.2. The number of nitriles is 1. The fourth-order valence-electron chi connectivity index (χ4n) is 2.11. The van der Waals surface area contributed by atoms with Crippen LogP contribution in [-0.2, 0) is 0 Å². The minimum absolute atomic E-state index is 0.338. The number of aliphatic hydroxyl groups excluding tert-OH is 1. The number of aliphatic hydroxyl groups is 1. The van der Waals surface area contributed by atoms with Crippen molar-refractivity contribution in [3.63, 3.8) is 0 Å². The predicted molar refractivity (Wildman–Crippen MR) is 82.3 cm³/mol. The molecule has 0 heterocycles. The number of nitrogens with one attached hydrogen (secondary N) is 1. The van der Waals surface area contributed by atoms with Crippen molar-refractivity contribution in [2.45, 2.75) is 13.0 Å². The first kappa shape index (κ1) is 14.9. The average Bonchev–Trinajstić information content (AvgIpc) is 2.52. The van der Waals surface area contributed by atoms with E-state index in [1.165, 1.54) is 0 Å². The fraction of sp³-hybridized carbons (Fsp3) is 0.235. The lowest BCUT2D eigenvalue weighted by atomic mass is 10.1. The van der Waals surface area contributed by atoms with E-state index in [2.05, 4.69) is 11.4 Å². The van der Waals surface area contributed by atoms with Crippen molar-refractivity contribution in [3.8, 4) is 11.8 Å². The molecule has 1 atom stereocenters. The van der Waals surface area contributed by atoms with Gasteiger partial charge in [0.15, 0.2) is 0 Å². The van der Waals surface area contributed by atoms with E-state index >= 15 is 0 Å². The highest BCUT2D eigenvalue weighted by Gasteiger charge is 2.10. The molecule has 0 aliphatic carbocycles. The number of nitrogens with zero attached hydrogens (tertiary/aromatic N) is 1. The lowest BCUT2D eigenvalue weighted by molar-refractivity contribution is 0.191. The second kappa shape index (κ2) is 6.78. The van der Waals surface area contributed by atoms with Gasteiger partial charge in [0.05, 0.1) is 24.5 Å². The molecule has 0 aliphatic heterocycles. The smallest absolute Gasteiger partial charge is 0.118 e. The minimum Gasteiger partial charge on any atom is -0.497 e. The number of hydrogen-bond donors (Lipinski definition) is 2. The van der Waals surface area contributed by atoms with Gasteiger partial charge in [-0.25, -0.2) is 0 Å². The molecule has 0 aliphatic rings. The molecular formula is C17H18N2O2. The summed E-state index contributed by atoms with van der Waals surface area (Å²) in [6.07, 6.45) is -0.650. The molecule has 1 unspecified atom stereocenters. The van der Waals surface area contributed by atoms with E-state index in [0.29, 0.717) is 12.1 Å². The van der Waals surface area contributed by atoms with Crippen LogP contribution in [0.4, 0.5) is 5.69 Å². The van der Waals surface area contributed by atoms with E-state index in [-0.39, 0.29) is 0 Å². The Bertz CT molecular complexity index is 645. The van der Waals surface area contributed by atoms with Crippen LogP contribution >= 0.6 is 0 Å². The molecule has 0 fully saturated rings. The zero-order chi connectivity index (χ0) is 15.2. The number of ether oxygens (including phenoxy) is 1. The SMILES string of the molecule is COc1ccc(C(O)CNc2cccc(C)c2C#N)cc1. The van der Waals surface area contributed by atoms with Crippen LogP contribution in [0.3, 0.4) is 0 Å². The Hall–Kier alpha value is -2.51.